The minimum absolute atomic E-state index is 0.113. The van der Waals surface area contributed by atoms with Crippen molar-refractivity contribution in [2.75, 3.05) is 7.05 Å². The SMILES string of the molecule is Cc1ccc(C[NH+](C)Cc2ccc(C(=O)[O-])o2)cc1. The summed E-state index contributed by atoms with van der Waals surface area (Å²) in [5.41, 5.74) is 2.49. The Morgan fingerprint density at radius 3 is 2.42 bits per heavy atom. The number of hydrogen-bond acceptors (Lipinski definition) is 3. The van der Waals surface area contributed by atoms with Gasteiger partial charge in [-0.05, 0) is 19.1 Å². The monoisotopic (exact) mass is 259 g/mol. The maximum atomic E-state index is 10.6. The second kappa shape index (κ2) is 5.71. The lowest BCUT2D eigenvalue weighted by atomic mass is 10.1. The van der Waals surface area contributed by atoms with Crippen LogP contribution in [0.25, 0.3) is 0 Å². The molecule has 19 heavy (non-hydrogen) atoms. The highest BCUT2D eigenvalue weighted by Crippen LogP contribution is 2.06. The fourth-order valence-corrected chi connectivity index (χ4v) is 2.00. The van der Waals surface area contributed by atoms with Crippen molar-refractivity contribution in [1.29, 1.82) is 0 Å². The Kier molecular flexibility index (Phi) is 4.02. The van der Waals surface area contributed by atoms with Crippen molar-refractivity contribution >= 4 is 5.97 Å². The Bertz CT molecular complexity index is 557. The van der Waals surface area contributed by atoms with Gasteiger partial charge in [0, 0.05) is 5.56 Å². The lowest BCUT2D eigenvalue weighted by Crippen LogP contribution is -3.06. The minimum Gasteiger partial charge on any atom is -0.542 e. The third-order valence-corrected chi connectivity index (χ3v) is 2.97. The van der Waals surface area contributed by atoms with E-state index in [1.54, 1.807) is 6.07 Å². The third-order valence-electron chi connectivity index (χ3n) is 2.97. The van der Waals surface area contributed by atoms with Crippen LogP contribution in [0.5, 0.6) is 0 Å². The minimum atomic E-state index is -1.28. The Morgan fingerprint density at radius 2 is 1.84 bits per heavy atom. The zero-order chi connectivity index (χ0) is 13.8. The molecule has 0 radical (unpaired) electrons. The van der Waals surface area contributed by atoms with Gasteiger partial charge in [-0.3, -0.25) is 0 Å². The molecule has 2 rings (SSSR count). The number of benzene rings is 1. The van der Waals surface area contributed by atoms with Crippen molar-refractivity contribution in [3.63, 3.8) is 0 Å². The van der Waals surface area contributed by atoms with Gasteiger partial charge in [0.15, 0.2) is 5.76 Å². The molecule has 1 aromatic heterocycles. The van der Waals surface area contributed by atoms with Crippen LogP contribution in [0.4, 0.5) is 0 Å². The second-order valence-corrected chi connectivity index (χ2v) is 4.85. The zero-order valence-electron chi connectivity index (χ0n) is 11.1. The number of hydrogen-bond donors (Lipinski definition) is 1. The highest BCUT2D eigenvalue weighted by Gasteiger charge is 2.09. The first kappa shape index (κ1) is 13.4. The fraction of sp³-hybridized carbons (Fsp3) is 0.267. The summed E-state index contributed by atoms with van der Waals surface area (Å²) in [5.74, 6) is -0.732. The largest absolute Gasteiger partial charge is 0.542 e. The summed E-state index contributed by atoms with van der Waals surface area (Å²) in [6.07, 6.45) is 0. The van der Waals surface area contributed by atoms with Gasteiger partial charge in [0.05, 0.1) is 7.05 Å². The molecule has 100 valence electrons. The van der Waals surface area contributed by atoms with E-state index in [0.717, 1.165) is 6.54 Å². The van der Waals surface area contributed by atoms with Crippen molar-refractivity contribution in [2.24, 2.45) is 0 Å². The molecular weight excluding hydrogens is 242 g/mol. The topological polar surface area (TPSA) is 57.7 Å². The van der Waals surface area contributed by atoms with Gasteiger partial charge in [-0.25, -0.2) is 0 Å². The van der Waals surface area contributed by atoms with Crippen molar-refractivity contribution in [3.8, 4) is 0 Å². The number of carboxylic acid groups (broad SMARTS) is 1. The van der Waals surface area contributed by atoms with Crippen LogP contribution in [-0.4, -0.2) is 13.0 Å². The Morgan fingerprint density at radius 1 is 1.16 bits per heavy atom. The number of carboxylic acids is 1. The highest BCUT2D eigenvalue weighted by atomic mass is 16.4. The molecule has 1 aromatic carbocycles. The van der Waals surface area contributed by atoms with E-state index in [1.165, 1.54) is 22.1 Å². The first-order valence-electron chi connectivity index (χ1n) is 6.21. The molecule has 0 aliphatic carbocycles. The Labute approximate surface area is 112 Å². The van der Waals surface area contributed by atoms with E-state index in [9.17, 15) is 9.90 Å². The van der Waals surface area contributed by atoms with Crippen LogP contribution >= 0.6 is 0 Å². The standard InChI is InChI=1S/C15H17NO3/c1-11-3-5-12(6-4-11)9-16(2)10-13-7-8-14(19-13)15(17)18/h3-8H,9-10H2,1-2H3,(H,17,18). The van der Waals surface area contributed by atoms with Gasteiger partial charge in [0.2, 0.25) is 0 Å². The molecule has 0 spiro atoms. The predicted octanol–water partition coefficient (Wildman–Crippen LogP) is 0.166. The van der Waals surface area contributed by atoms with Crippen LogP contribution in [0.3, 0.4) is 0 Å². The maximum absolute atomic E-state index is 10.6. The van der Waals surface area contributed by atoms with Crippen LogP contribution in [0.2, 0.25) is 0 Å². The van der Waals surface area contributed by atoms with E-state index >= 15 is 0 Å². The second-order valence-electron chi connectivity index (χ2n) is 4.85. The quantitative estimate of drug-likeness (QED) is 0.832. The van der Waals surface area contributed by atoms with E-state index < -0.39 is 5.97 Å². The Hall–Kier alpha value is -2.07. The lowest BCUT2D eigenvalue weighted by Gasteiger charge is -2.12. The molecule has 0 bridgehead atoms. The molecule has 2 aromatic rings. The molecule has 1 heterocycles. The van der Waals surface area contributed by atoms with E-state index in [0.29, 0.717) is 12.3 Å². The number of furan rings is 1. The third kappa shape index (κ3) is 3.69. The zero-order valence-corrected chi connectivity index (χ0v) is 11.1. The predicted molar refractivity (Wildman–Crippen MR) is 68.5 cm³/mol. The molecule has 0 aliphatic heterocycles. The average Bonchev–Trinajstić information content (AvgIpc) is 2.80. The summed E-state index contributed by atoms with van der Waals surface area (Å²) in [6, 6.07) is 11.5. The summed E-state index contributed by atoms with van der Waals surface area (Å²) in [6.45, 7) is 3.56. The van der Waals surface area contributed by atoms with E-state index in [4.69, 9.17) is 4.42 Å². The molecule has 0 saturated carbocycles. The van der Waals surface area contributed by atoms with Gasteiger partial charge in [0.25, 0.3) is 0 Å². The molecule has 1 atom stereocenters. The first-order chi connectivity index (χ1) is 9.04. The summed E-state index contributed by atoms with van der Waals surface area (Å²) in [4.78, 5) is 11.8. The number of rotatable bonds is 5. The molecule has 4 nitrogen and oxygen atoms in total. The van der Waals surface area contributed by atoms with Gasteiger partial charge < -0.3 is 19.2 Å². The molecule has 1 N–H and O–H groups in total. The number of aromatic carboxylic acids is 1. The smallest absolute Gasteiger partial charge is 0.159 e. The van der Waals surface area contributed by atoms with Gasteiger partial charge in [-0.15, -0.1) is 0 Å². The summed E-state index contributed by atoms with van der Waals surface area (Å²) < 4.78 is 5.19. The molecule has 0 fully saturated rings. The van der Waals surface area contributed by atoms with Crippen molar-refractivity contribution in [2.45, 2.75) is 20.0 Å². The fourth-order valence-electron chi connectivity index (χ4n) is 2.00. The van der Waals surface area contributed by atoms with E-state index in [1.807, 2.05) is 7.05 Å². The van der Waals surface area contributed by atoms with E-state index in [-0.39, 0.29) is 5.76 Å². The molecular formula is C15H17NO3. The van der Waals surface area contributed by atoms with Crippen LogP contribution in [0.1, 0.15) is 27.4 Å². The summed E-state index contributed by atoms with van der Waals surface area (Å²) >= 11 is 0. The van der Waals surface area contributed by atoms with Gasteiger partial charge in [0.1, 0.15) is 24.8 Å². The van der Waals surface area contributed by atoms with Crippen molar-refractivity contribution in [1.82, 2.24) is 0 Å². The number of quaternary nitrogens is 1. The molecule has 1 unspecified atom stereocenters. The molecule has 0 aliphatic rings. The molecule has 0 amide bonds. The average molecular weight is 259 g/mol. The lowest BCUT2D eigenvalue weighted by molar-refractivity contribution is -0.908. The number of carbonyl (C=O) groups excluding carboxylic acids is 1. The molecule has 4 heteroatoms. The summed E-state index contributed by atoms with van der Waals surface area (Å²) in [5, 5.41) is 10.6. The highest BCUT2D eigenvalue weighted by molar-refractivity contribution is 5.82. The number of nitrogens with one attached hydrogen (secondary N) is 1. The van der Waals surface area contributed by atoms with Crippen molar-refractivity contribution in [3.05, 3.63) is 59.0 Å². The van der Waals surface area contributed by atoms with Gasteiger partial charge in [-0.1, -0.05) is 29.8 Å². The van der Waals surface area contributed by atoms with Crippen LogP contribution in [0, 0.1) is 6.92 Å². The molecule has 0 saturated heterocycles. The van der Waals surface area contributed by atoms with E-state index in [2.05, 4.69) is 31.2 Å². The Balaban J connectivity index is 1.94. The normalized spacial score (nSPS) is 12.3. The van der Waals surface area contributed by atoms with Crippen LogP contribution < -0.4 is 10.0 Å². The maximum Gasteiger partial charge on any atom is 0.159 e. The van der Waals surface area contributed by atoms with Gasteiger partial charge in [-0.2, -0.15) is 0 Å². The van der Waals surface area contributed by atoms with Crippen LogP contribution in [0.15, 0.2) is 40.8 Å². The van der Waals surface area contributed by atoms with Crippen LogP contribution in [-0.2, 0) is 13.1 Å². The van der Waals surface area contributed by atoms with Gasteiger partial charge >= 0.3 is 0 Å². The summed E-state index contributed by atoms with van der Waals surface area (Å²) in [7, 11) is 2.04. The number of aryl methyl sites for hydroxylation is 1. The first-order valence-corrected chi connectivity index (χ1v) is 6.21. The van der Waals surface area contributed by atoms with Crippen molar-refractivity contribution < 1.29 is 19.2 Å². The number of carbonyl (C=O) groups is 1.